The Morgan fingerprint density at radius 2 is 1.82 bits per heavy atom. The zero-order valence-electron chi connectivity index (χ0n) is 6.11. The van der Waals surface area contributed by atoms with Gasteiger partial charge in [-0.2, -0.15) is 0 Å². The molecule has 0 spiro atoms. The lowest BCUT2D eigenvalue weighted by atomic mass is 10.4. The number of ether oxygens (including phenoxy) is 1. The second-order valence-corrected chi connectivity index (χ2v) is 2.77. The van der Waals surface area contributed by atoms with E-state index in [9.17, 15) is 0 Å². The van der Waals surface area contributed by atoms with Crippen LogP contribution < -0.4 is 0 Å². The first-order chi connectivity index (χ1) is 5.20. The Hall–Kier alpha value is 0.130. The van der Waals surface area contributed by atoms with Gasteiger partial charge in [0, 0.05) is 0 Å². The molecule has 2 atom stereocenters. The maximum atomic E-state index is 8.76. The summed E-state index contributed by atoms with van der Waals surface area (Å²) >= 11 is 5.47. The van der Waals surface area contributed by atoms with Gasteiger partial charge in [-0.1, -0.05) is 0 Å². The Kier molecular flexibility index (Phi) is 6.90. The molecule has 0 saturated carbocycles. The van der Waals surface area contributed by atoms with Gasteiger partial charge in [-0.15, -0.1) is 11.6 Å². The highest BCUT2D eigenvalue weighted by molar-refractivity contribution is 6.20. The monoisotopic (exact) mass is 184 g/mol. The van der Waals surface area contributed by atoms with Crippen LogP contribution in [0.4, 0.5) is 0 Å². The number of rotatable bonds is 6. The highest BCUT2D eigenvalue weighted by Crippen LogP contribution is 1.95. The van der Waals surface area contributed by atoms with E-state index >= 15 is 0 Å². The zero-order chi connectivity index (χ0) is 8.69. The third-order valence-corrected chi connectivity index (χ3v) is 1.28. The van der Waals surface area contributed by atoms with Crippen LogP contribution in [0.5, 0.6) is 0 Å². The molecule has 2 unspecified atom stereocenters. The standard InChI is InChI=1S/C6H13ClO4/c7-5(1-8)3-11-4-6(10)2-9/h5-6,8-10H,1-4H2. The van der Waals surface area contributed by atoms with Crippen molar-refractivity contribution in [2.75, 3.05) is 26.4 Å². The first-order valence-electron chi connectivity index (χ1n) is 3.32. The summed E-state index contributed by atoms with van der Waals surface area (Å²) in [7, 11) is 0. The fraction of sp³-hybridized carbons (Fsp3) is 1.00. The summed E-state index contributed by atoms with van der Waals surface area (Å²) in [6, 6.07) is 0. The van der Waals surface area contributed by atoms with Gasteiger partial charge in [0.1, 0.15) is 6.10 Å². The van der Waals surface area contributed by atoms with E-state index in [1.165, 1.54) is 0 Å². The summed E-state index contributed by atoms with van der Waals surface area (Å²) in [6.45, 7) is -0.266. The largest absolute Gasteiger partial charge is 0.395 e. The molecule has 0 aromatic heterocycles. The molecule has 0 rings (SSSR count). The number of hydrogen-bond acceptors (Lipinski definition) is 4. The molecular formula is C6H13ClO4. The van der Waals surface area contributed by atoms with E-state index in [1.807, 2.05) is 0 Å². The van der Waals surface area contributed by atoms with E-state index in [2.05, 4.69) is 0 Å². The van der Waals surface area contributed by atoms with Crippen molar-refractivity contribution in [2.24, 2.45) is 0 Å². The molecule has 0 bridgehead atoms. The number of aliphatic hydroxyl groups is 3. The minimum atomic E-state index is -0.863. The van der Waals surface area contributed by atoms with Crippen LogP contribution in [-0.4, -0.2) is 53.2 Å². The molecule has 0 aromatic rings. The molecule has 0 aromatic carbocycles. The van der Waals surface area contributed by atoms with Crippen molar-refractivity contribution in [3.8, 4) is 0 Å². The number of hydrogen-bond donors (Lipinski definition) is 3. The lowest BCUT2D eigenvalue weighted by Crippen LogP contribution is -2.23. The number of halogens is 1. The molecule has 0 heterocycles. The fourth-order valence-electron chi connectivity index (χ4n) is 0.437. The maximum absolute atomic E-state index is 8.76. The molecule has 11 heavy (non-hydrogen) atoms. The van der Waals surface area contributed by atoms with Crippen LogP contribution >= 0.6 is 11.6 Å². The smallest absolute Gasteiger partial charge is 0.100 e. The van der Waals surface area contributed by atoms with E-state index in [4.69, 9.17) is 31.7 Å². The van der Waals surface area contributed by atoms with Gasteiger partial charge in [0.2, 0.25) is 0 Å². The summed E-state index contributed by atoms with van der Waals surface area (Å²) in [5.74, 6) is 0. The highest BCUT2D eigenvalue weighted by atomic mass is 35.5. The summed E-state index contributed by atoms with van der Waals surface area (Å²) in [5, 5.41) is 25.1. The fourth-order valence-corrected chi connectivity index (χ4v) is 0.526. The lowest BCUT2D eigenvalue weighted by molar-refractivity contribution is 0.00387. The topological polar surface area (TPSA) is 69.9 Å². The summed E-state index contributed by atoms with van der Waals surface area (Å²) < 4.78 is 4.84. The Morgan fingerprint density at radius 1 is 1.18 bits per heavy atom. The predicted molar refractivity (Wildman–Crippen MR) is 40.6 cm³/mol. The van der Waals surface area contributed by atoms with Gasteiger partial charge in [0.05, 0.1) is 31.8 Å². The van der Waals surface area contributed by atoms with Gasteiger partial charge in [-0.05, 0) is 0 Å². The summed E-state index contributed by atoms with van der Waals surface area (Å²) in [5.41, 5.74) is 0. The predicted octanol–water partition coefficient (Wildman–Crippen LogP) is -1.04. The molecule has 5 heteroatoms. The molecule has 0 fully saturated rings. The van der Waals surface area contributed by atoms with E-state index in [-0.39, 0.29) is 26.4 Å². The lowest BCUT2D eigenvalue weighted by Gasteiger charge is -2.09. The number of alkyl halides is 1. The Balaban J connectivity index is 3.13. The second-order valence-electron chi connectivity index (χ2n) is 2.15. The van der Waals surface area contributed by atoms with Crippen molar-refractivity contribution in [3.05, 3.63) is 0 Å². The van der Waals surface area contributed by atoms with Crippen molar-refractivity contribution >= 4 is 11.6 Å². The van der Waals surface area contributed by atoms with Crippen LogP contribution in [0.1, 0.15) is 0 Å². The normalized spacial score (nSPS) is 16.4. The van der Waals surface area contributed by atoms with Gasteiger partial charge in [0.15, 0.2) is 0 Å². The second kappa shape index (κ2) is 6.82. The van der Waals surface area contributed by atoms with Crippen molar-refractivity contribution in [1.29, 1.82) is 0 Å². The zero-order valence-corrected chi connectivity index (χ0v) is 6.87. The maximum Gasteiger partial charge on any atom is 0.100 e. The van der Waals surface area contributed by atoms with E-state index in [1.54, 1.807) is 0 Å². The van der Waals surface area contributed by atoms with Crippen LogP contribution in [0.3, 0.4) is 0 Å². The van der Waals surface area contributed by atoms with Crippen LogP contribution in [-0.2, 0) is 4.74 Å². The molecule has 0 aliphatic heterocycles. The van der Waals surface area contributed by atoms with Gasteiger partial charge < -0.3 is 20.1 Å². The Morgan fingerprint density at radius 3 is 2.27 bits per heavy atom. The molecule has 0 saturated heterocycles. The average molecular weight is 185 g/mol. The SMILES string of the molecule is OCC(O)COCC(Cl)CO. The van der Waals surface area contributed by atoms with E-state index < -0.39 is 11.5 Å². The molecule has 0 amide bonds. The van der Waals surface area contributed by atoms with Crippen molar-refractivity contribution in [2.45, 2.75) is 11.5 Å². The Labute approximate surface area is 70.4 Å². The molecule has 0 aliphatic carbocycles. The minimum absolute atomic E-state index is 0.0414. The van der Waals surface area contributed by atoms with Crippen LogP contribution in [0.15, 0.2) is 0 Å². The molecule has 0 aliphatic rings. The van der Waals surface area contributed by atoms with Gasteiger partial charge in [-0.25, -0.2) is 0 Å². The average Bonchev–Trinajstić information content (AvgIpc) is 2.04. The van der Waals surface area contributed by atoms with E-state index in [0.29, 0.717) is 0 Å². The summed E-state index contributed by atoms with van der Waals surface area (Å²) in [4.78, 5) is 0. The van der Waals surface area contributed by atoms with Gasteiger partial charge in [0.25, 0.3) is 0 Å². The molecule has 0 radical (unpaired) electrons. The van der Waals surface area contributed by atoms with Crippen LogP contribution in [0, 0.1) is 0 Å². The highest BCUT2D eigenvalue weighted by Gasteiger charge is 2.05. The molecular weight excluding hydrogens is 172 g/mol. The van der Waals surface area contributed by atoms with Crippen LogP contribution in [0.2, 0.25) is 0 Å². The van der Waals surface area contributed by atoms with Gasteiger partial charge in [-0.3, -0.25) is 0 Å². The third kappa shape index (κ3) is 6.52. The Bertz CT molecular complexity index is 80.7. The first kappa shape index (κ1) is 11.1. The van der Waals surface area contributed by atoms with Crippen molar-refractivity contribution < 1.29 is 20.1 Å². The molecule has 68 valence electrons. The van der Waals surface area contributed by atoms with Gasteiger partial charge >= 0.3 is 0 Å². The van der Waals surface area contributed by atoms with Crippen LogP contribution in [0.25, 0.3) is 0 Å². The van der Waals surface area contributed by atoms with E-state index in [0.717, 1.165) is 0 Å². The first-order valence-corrected chi connectivity index (χ1v) is 3.76. The number of aliphatic hydroxyl groups excluding tert-OH is 3. The quantitative estimate of drug-likeness (QED) is 0.461. The van der Waals surface area contributed by atoms with Crippen molar-refractivity contribution in [1.82, 2.24) is 0 Å². The van der Waals surface area contributed by atoms with Crippen molar-refractivity contribution in [3.63, 3.8) is 0 Å². The minimum Gasteiger partial charge on any atom is -0.395 e. The summed E-state index contributed by atoms with van der Waals surface area (Å²) in [6.07, 6.45) is -0.863. The molecule has 4 nitrogen and oxygen atoms in total. The third-order valence-electron chi connectivity index (χ3n) is 1.02. The molecule has 3 N–H and O–H groups in total.